The van der Waals surface area contributed by atoms with E-state index in [2.05, 4.69) is 218 Å². The Balaban J connectivity index is 0.969. The monoisotopic (exact) mass is 756 g/mol. The molecular weight excluding hydrogens is 717 g/mol. The van der Waals surface area contributed by atoms with E-state index in [0.717, 1.165) is 45.2 Å². The minimum absolute atomic E-state index is 0.728. The van der Waals surface area contributed by atoms with Gasteiger partial charge in [-0.15, -0.1) is 0 Å². The molecule has 0 radical (unpaired) electrons. The fourth-order valence-corrected chi connectivity index (χ4v) is 8.94. The lowest BCUT2D eigenvalue weighted by Crippen LogP contribution is -1.98. The zero-order valence-corrected chi connectivity index (χ0v) is 33.2. The number of rotatable bonds is 6. The van der Waals surface area contributed by atoms with Crippen molar-refractivity contribution in [1.82, 2.24) is 19.1 Å². The summed E-state index contributed by atoms with van der Waals surface area (Å²) in [6.07, 6.45) is 0. The van der Waals surface area contributed by atoms with Gasteiger partial charge in [0.15, 0.2) is 5.82 Å². The van der Waals surface area contributed by atoms with Crippen LogP contribution in [0.4, 0.5) is 0 Å². The smallest absolute Gasteiger partial charge is 0.160 e. The van der Waals surface area contributed by atoms with Crippen LogP contribution in [0.15, 0.2) is 188 Å². The minimum Gasteiger partial charge on any atom is -0.309 e. The van der Waals surface area contributed by atoms with Crippen LogP contribution in [-0.2, 0) is 0 Å². The summed E-state index contributed by atoms with van der Waals surface area (Å²) in [4.78, 5) is 10.1. The number of aryl methyl sites for hydroxylation is 3. The van der Waals surface area contributed by atoms with Crippen molar-refractivity contribution < 1.29 is 0 Å². The lowest BCUT2D eigenvalue weighted by molar-refractivity contribution is 1.14. The van der Waals surface area contributed by atoms with E-state index < -0.39 is 0 Å². The van der Waals surface area contributed by atoms with Gasteiger partial charge in [0.05, 0.1) is 33.5 Å². The number of aromatic nitrogens is 4. The van der Waals surface area contributed by atoms with Crippen LogP contribution in [0, 0.1) is 20.8 Å². The SMILES string of the molecule is Cc1cccc(-c2cc(-c3ccc(-c4ccc(-n5c6ccccc6c6cc(-n7c8ccccc8c8ccccc87)ccc65)c(C)c4)cc3)nc(-c3cccc(C)c3)n2)c1. The van der Waals surface area contributed by atoms with Gasteiger partial charge in [0.1, 0.15) is 0 Å². The largest absolute Gasteiger partial charge is 0.309 e. The fraction of sp³-hybridized carbons (Fsp3) is 0.0545. The van der Waals surface area contributed by atoms with Crippen molar-refractivity contribution in [2.24, 2.45) is 0 Å². The van der Waals surface area contributed by atoms with Gasteiger partial charge < -0.3 is 9.13 Å². The lowest BCUT2D eigenvalue weighted by atomic mass is 9.99. The minimum atomic E-state index is 0.728. The van der Waals surface area contributed by atoms with Crippen LogP contribution in [0.3, 0.4) is 0 Å². The van der Waals surface area contributed by atoms with E-state index in [4.69, 9.17) is 9.97 Å². The molecule has 0 aliphatic heterocycles. The molecule has 0 saturated heterocycles. The molecule has 0 unspecified atom stereocenters. The summed E-state index contributed by atoms with van der Waals surface area (Å²) in [5.74, 6) is 0.728. The van der Waals surface area contributed by atoms with Gasteiger partial charge in [-0.05, 0) is 104 Å². The van der Waals surface area contributed by atoms with Gasteiger partial charge in [-0.2, -0.15) is 0 Å². The first-order chi connectivity index (χ1) is 29.0. The van der Waals surface area contributed by atoms with Gasteiger partial charge in [-0.1, -0.05) is 132 Å². The van der Waals surface area contributed by atoms with Crippen molar-refractivity contribution in [2.75, 3.05) is 0 Å². The number of fused-ring (bicyclic) bond motifs is 6. The highest BCUT2D eigenvalue weighted by molar-refractivity contribution is 6.12. The Kier molecular flexibility index (Phi) is 8.12. The molecule has 4 nitrogen and oxygen atoms in total. The molecule has 0 saturated carbocycles. The maximum absolute atomic E-state index is 5.10. The zero-order valence-electron chi connectivity index (χ0n) is 33.2. The third-order valence-corrected chi connectivity index (χ3v) is 11.8. The molecule has 11 aromatic rings. The van der Waals surface area contributed by atoms with Gasteiger partial charge in [0.2, 0.25) is 0 Å². The third-order valence-electron chi connectivity index (χ3n) is 11.8. The maximum Gasteiger partial charge on any atom is 0.160 e. The van der Waals surface area contributed by atoms with Crippen LogP contribution in [0.25, 0.3) is 100 Å². The molecule has 3 aromatic heterocycles. The number of nitrogens with zero attached hydrogens (tertiary/aromatic N) is 4. The van der Waals surface area contributed by atoms with Crippen molar-refractivity contribution in [2.45, 2.75) is 20.8 Å². The van der Waals surface area contributed by atoms with E-state index in [0.29, 0.717) is 0 Å². The Morgan fingerprint density at radius 1 is 0.339 bits per heavy atom. The Labute approximate surface area is 343 Å². The summed E-state index contributed by atoms with van der Waals surface area (Å²) in [5.41, 5.74) is 18.1. The van der Waals surface area contributed by atoms with E-state index in [9.17, 15) is 0 Å². The van der Waals surface area contributed by atoms with Crippen LogP contribution in [0.2, 0.25) is 0 Å². The predicted octanol–water partition coefficient (Wildman–Crippen LogP) is 14.3. The molecule has 0 spiro atoms. The highest BCUT2D eigenvalue weighted by Gasteiger charge is 2.18. The first-order valence-corrected chi connectivity index (χ1v) is 20.2. The summed E-state index contributed by atoms with van der Waals surface area (Å²) in [7, 11) is 0. The summed E-state index contributed by atoms with van der Waals surface area (Å²) in [5, 5.41) is 5.01. The molecule has 0 amide bonds. The highest BCUT2D eigenvalue weighted by Crippen LogP contribution is 2.38. The van der Waals surface area contributed by atoms with Crippen LogP contribution in [0.1, 0.15) is 16.7 Å². The number of benzene rings is 8. The molecule has 280 valence electrons. The number of para-hydroxylation sites is 3. The molecule has 4 heteroatoms. The first-order valence-electron chi connectivity index (χ1n) is 20.2. The van der Waals surface area contributed by atoms with Crippen molar-refractivity contribution in [3.05, 3.63) is 205 Å². The normalized spacial score (nSPS) is 11.6. The average molecular weight is 757 g/mol. The Hall–Kier alpha value is -7.56. The van der Waals surface area contributed by atoms with Crippen LogP contribution in [-0.4, -0.2) is 19.1 Å². The van der Waals surface area contributed by atoms with E-state index in [1.54, 1.807) is 0 Å². The van der Waals surface area contributed by atoms with Gasteiger partial charge in [-0.25, -0.2) is 9.97 Å². The third kappa shape index (κ3) is 5.92. The van der Waals surface area contributed by atoms with Crippen LogP contribution < -0.4 is 0 Å². The van der Waals surface area contributed by atoms with Crippen molar-refractivity contribution in [3.63, 3.8) is 0 Å². The Morgan fingerprint density at radius 2 is 0.864 bits per heavy atom. The second-order valence-electron chi connectivity index (χ2n) is 15.7. The molecule has 8 aromatic carbocycles. The van der Waals surface area contributed by atoms with Gasteiger partial charge in [-0.3, -0.25) is 0 Å². The number of hydrogen-bond donors (Lipinski definition) is 0. The molecule has 0 atom stereocenters. The van der Waals surface area contributed by atoms with E-state index in [1.165, 1.54) is 71.6 Å². The summed E-state index contributed by atoms with van der Waals surface area (Å²) < 4.78 is 4.83. The molecular formula is C55H40N4. The molecule has 11 rings (SSSR count). The summed E-state index contributed by atoms with van der Waals surface area (Å²) >= 11 is 0. The molecule has 59 heavy (non-hydrogen) atoms. The lowest BCUT2D eigenvalue weighted by Gasteiger charge is -2.14. The van der Waals surface area contributed by atoms with E-state index in [-0.39, 0.29) is 0 Å². The van der Waals surface area contributed by atoms with E-state index in [1.807, 2.05) is 0 Å². The maximum atomic E-state index is 5.10. The second-order valence-corrected chi connectivity index (χ2v) is 15.7. The molecule has 0 aliphatic rings. The predicted molar refractivity (Wildman–Crippen MR) is 247 cm³/mol. The van der Waals surface area contributed by atoms with E-state index >= 15 is 0 Å². The average Bonchev–Trinajstić information content (AvgIpc) is 3.79. The van der Waals surface area contributed by atoms with Crippen molar-refractivity contribution >= 4 is 43.6 Å². The van der Waals surface area contributed by atoms with Crippen molar-refractivity contribution in [1.29, 1.82) is 0 Å². The quantitative estimate of drug-likeness (QED) is 0.169. The molecule has 0 fully saturated rings. The van der Waals surface area contributed by atoms with Crippen LogP contribution >= 0.6 is 0 Å². The molecule has 0 N–H and O–H groups in total. The first kappa shape index (κ1) is 34.7. The molecule has 0 bridgehead atoms. The van der Waals surface area contributed by atoms with Gasteiger partial charge in [0, 0.05) is 49.6 Å². The van der Waals surface area contributed by atoms with Gasteiger partial charge in [0.25, 0.3) is 0 Å². The molecule has 3 heterocycles. The topological polar surface area (TPSA) is 35.6 Å². The second kappa shape index (κ2) is 13.8. The summed E-state index contributed by atoms with van der Waals surface area (Å²) in [6, 6.07) is 67.8. The fourth-order valence-electron chi connectivity index (χ4n) is 8.94. The molecule has 0 aliphatic carbocycles. The van der Waals surface area contributed by atoms with Crippen LogP contribution in [0.5, 0.6) is 0 Å². The number of hydrogen-bond acceptors (Lipinski definition) is 2. The van der Waals surface area contributed by atoms with Crippen molar-refractivity contribution in [3.8, 4) is 56.4 Å². The summed E-state index contributed by atoms with van der Waals surface area (Å²) in [6.45, 7) is 6.45. The Morgan fingerprint density at radius 3 is 1.51 bits per heavy atom. The van der Waals surface area contributed by atoms with Gasteiger partial charge >= 0.3 is 0 Å². The standard InChI is InChI=1S/C55H40N4/c1-35-12-10-14-41(30-35)49-34-48(56-55(57-49)42-15-11-13-36(2)31-42)39-24-22-38(23-25-39)40-26-28-50(37(3)32-40)59-53-21-9-6-18-46(53)47-33-43(27-29-54(47)59)58-51-19-7-4-16-44(51)45-17-5-8-20-52(45)58/h4-34H,1-3H3. The zero-order chi connectivity index (χ0) is 39.6. The Bertz CT molecular complexity index is 3300. The highest BCUT2D eigenvalue weighted by atomic mass is 15.0.